The van der Waals surface area contributed by atoms with Gasteiger partial charge in [0.05, 0.1) is 25.3 Å². The maximum Gasteiger partial charge on any atom is 0.307 e. The van der Waals surface area contributed by atoms with E-state index in [9.17, 15) is 9.59 Å². The third-order valence-electron chi connectivity index (χ3n) is 3.37. The molecular weight excluding hydrogens is 320 g/mol. The number of carbonyl (C=O) groups is 2. The fourth-order valence-corrected chi connectivity index (χ4v) is 2.23. The van der Waals surface area contributed by atoms with Crippen LogP contribution in [-0.4, -0.2) is 28.3 Å². The van der Waals surface area contributed by atoms with Crippen molar-refractivity contribution >= 4 is 18.0 Å². The summed E-state index contributed by atoms with van der Waals surface area (Å²) in [6, 6.07) is 11.1. The van der Waals surface area contributed by atoms with Crippen LogP contribution in [0.2, 0.25) is 0 Å². The second-order valence-corrected chi connectivity index (χ2v) is 5.15. The Bertz CT molecular complexity index is 832. The minimum atomic E-state index is -0.805. The average molecular weight is 338 g/mol. The van der Waals surface area contributed by atoms with Gasteiger partial charge in [-0.25, -0.2) is 0 Å². The highest BCUT2D eigenvalue weighted by atomic mass is 16.5. The molecule has 2 rings (SSSR count). The number of aryl methyl sites for hydroxylation is 1. The van der Waals surface area contributed by atoms with Crippen LogP contribution in [0.1, 0.15) is 18.9 Å². The standard InChI is InChI=1S/C18H18N4O3/c1-2-25-16(23)8-9-22-12-15(10-14(11-19)18(20)24)17(21-22)13-6-4-3-5-7-13/h3-7,10,12H,2,8-9H2,1H3,(H2,20,24)/b14-10-. The number of nitrogens with two attached hydrogens (primary N) is 1. The average Bonchev–Trinajstić information content (AvgIpc) is 3.01. The van der Waals surface area contributed by atoms with Gasteiger partial charge < -0.3 is 10.5 Å². The van der Waals surface area contributed by atoms with E-state index in [1.54, 1.807) is 23.9 Å². The van der Waals surface area contributed by atoms with E-state index in [-0.39, 0.29) is 18.0 Å². The van der Waals surface area contributed by atoms with Gasteiger partial charge in [0.25, 0.3) is 5.91 Å². The molecule has 0 atom stereocenters. The molecule has 0 aliphatic heterocycles. The molecule has 0 radical (unpaired) electrons. The molecule has 0 fully saturated rings. The monoisotopic (exact) mass is 338 g/mol. The van der Waals surface area contributed by atoms with Crippen molar-refractivity contribution in [3.63, 3.8) is 0 Å². The lowest BCUT2D eigenvalue weighted by Crippen LogP contribution is -2.12. The van der Waals surface area contributed by atoms with Crippen LogP contribution < -0.4 is 5.73 Å². The Balaban J connectivity index is 2.37. The number of ether oxygens (including phenoxy) is 1. The SMILES string of the molecule is CCOC(=O)CCn1cc(/C=C(/C#N)C(N)=O)c(-c2ccccc2)n1. The Kier molecular flexibility index (Phi) is 6.07. The number of benzene rings is 1. The molecule has 128 valence electrons. The Morgan fingerprint density at radius 2 is 2.08 bits per heavy atom. The number of nitriles is 1. The second-order valence-electron chi connectivity index (χ2n) is 5.15. The van der Waals surface area contributed by atoms with Crippen LogP contribution in [0.3, 0.4) is 0 Å². The number of aromatic nitrogens is 2. The summed E-state index contributed by atoms with van der Waals surface area (Å²) >= 11 is 0. The molecule has 0 unspecified atom stereocenters. The number of hydrogen-bond acceptors (Lipinski definition) is 5. The van der Waals surface area contributed by atoms with Crippen LogP contribution in [0.5, 0.6) is 0 Å². The van der Waals surface area contributed by atoms with Crippen LogP contribution in [0.25, 0.3) is 17.3 Å². The van der Waals surface area contributed by atoms with E-state index in [0.717, 1.165) is 5.56 Å². The number of nitrogens with zero attached hydrogens (tertiary/aromatic N) is 3. The smallest absolute Gasteiger partial charge is 0.307 e. The van der Waals surface area contributed by atoms with E-state index < -0.39 is 5.91 Å². The largest absolute Gasteiger partial charge is 0.466 e. The molecule has 25 heavy (non-hydrogen) atoms. The molecule has 0 spiro atoms. The van der Waals surface area contributed by atoms with Gasteiger partial charge in [0, 0.05) is 17.3 Å². The Morgan fingerprint density at radius 1 is 1.36 bits per heavy atom. The molecule has 1 aromatic heterocycles. The molecule has 7 heteroatoms. The van der Waals surface area contributed by atoms with Crippen molar-refractivity contribution in [3.05, 3.63) is 47.7 Å². The number of hydrogen-bond donors (Lipinski definition) is 1. The summed E-state index contributed by atoms with van der Waals surface area (Å²) in [5.74, 6) is -1.12. The van der Waals surface area contributed by atoms with E-state index in [0.29, 0.717) is 24.4 Å². The van der Waals surface area contributed by atoms with Crippen molar-refractivity contribution in [2.45, 2.75) is 19.9 Å². The molecule has 0 saturated heterocycles. The molecule has 0 aliphatic carbocycles. The minimum absolute atomic E-state index is 0.165. The first-order chi connectivity index (χ1) is 12.0. The molecule has 1 heterocycles. The van der Waals surface area contributed by atoms with Crippen LogP contribution in [0.15, 0.2) is 42.1 Å². The molecule has 0 bridgehead atoms. The molecule has 1 amide bonds. The summed E-state index contributed by atoms with van der Waals surface area (Å²) in [5.41, 5.74) is 7.03. The highest BCUT2D eigenvalue weighted by molar-refractivity contribution is 6.01. The van der Waals surface area contributed by atoms with Crippen LogP contribution >= 0.6 is 0 Å². The van der Waals surface area contributed by atoms with Gasteiger partial charge in [0.15, 0.2) is 0 Å². The summed E-state index contributed by atoms with van der Waals surface area (Å²) < 4.78 is 6.49. The third-order valence-corrected chi connectivity index (χ3v) is 3.37. The normalized spacial score (nSPS) is 11.0. The zero-order valence-corrected chi connectivity index (χ0v) is 13.8. The predicted octanol–water partition coefficient (Wildman–Crippen LogP) is 1.90. The number of carbonyl (C=O) groups excluding carboxylic acids is 2. The summed E-state index contributed by atoms with van der Waals surface area (Å²) in [7, 11) is 0. The summed E-state index contributed by atoms with van der Waals surface area (Å²) in [5, 5.41) is 13.5. The van der Waals surface area contributed by atoms with Gasteiger partial charge in [-0.3, -0.25) is 14.3 Å². The molecule has 2 aromatic rings. The fraction of sp³-hybridized carbons (Fsp3) is 0.222. The molecule has 0 saturated carbocycles. The van der Waals surface area contributed by atoms with Crippen molar-refractivity contribution in [1.29, 1.82) is 5.26 Å². The van der Waals surface area contributed by atoms with E-state index in [4.69, 9.17) is 15.7 Å². The topological polar surface area (TPSA) is 111 Å². The molecular formula is C18H18N4O3. The van der Waals surface area contributed by atoms with Gasteiger partial charge in [-0.1, -0.05) is 30.3 Å². The van der Waals surface area contributed by atoms with E-state index >= 15 is 0 Å². The molecule has 1 aromatic carbocycles. The Morgan fingerprint density at radius 3 is 2.68 bits per heavy atom. The summed E-state index contributed by atoms with van der Waals surface area (Å²) in [6.07, 6.45) is 3.24. The van der Waals surface area contributed by atoms with E-state index in [2.05, 4.69) is 5.10 Å². The zero-order valence-electron chi connectivity index (χ0n) is 13.8. The number of amides is 1. The van der Waals surface area contributed by atoms with Gasteiger partial charge in [0.1, 0.15) is 11.6 Å². The first kappa shape index (κ1) is 17.9. The molecule has 0 aliphatic rings. The molecule has 2 N–H and O–H groups in total. The van der Waals surface area contributed by atoms with Gasteiger partial charge >= 0.3 is 5.97 Å². The number of primary amides is 1. The zero-order chi connectivity index (χ0) is 18.2. The fourth-order valence-electron chi connectivity index (χ4n) is 2.23. The minimum Gasteiger partial charge on any atom is -0.466 e. The van der Waals surface area contributed by atoms with Crippen LogP contribution in [-0.2, 0) is 20.9 Å². The van der Waals surface area contributed by atoms with Crippen molar-refractivity contribution in [2.75, 3.05) is 6.61 Å². The predicted molar refractivity (Wildman–Crippen MR) is 91.7 cm³/mol. The van der Waals surface area contributed by atoms with Crippen molar-refractivity contribution < 1.29 is 14.3 Å². The quantitative estimate of drug-likeness (QED) is 0.471. The number of rotatable bonds is 7. The molecule has 7 nitrogen and oxygen atoms in total. The first-order valence-electron chi connectivity index (χ1n) is 7.75. The lowest BCUT2D eigenvalue weighted by atomic mass is 10.1. The summed E-state index contributed by atoms with van der Waals surface area (Å²) in [6.45, 7) is 2.39. The van der Waals surface area contributed by atoms with Gasteiger partial charge in [-0.15, -0.1) is 0 Å². The van der Waals surface area contributed by atoms with E-state index in [1.165, 1.54) is 6.08 Å². The van der Waals surface area contributed by atoms with E-state index in [1.807, 2.05) is 30.3 Å². The van der Waals surface area contributed by atoms with Gasteiger partial charge in [-0.2, -0.15) is 10.4 Å². The van der Waals surface area contributed by atoms with Crippen molar-refractivity contribution in [3.8, 4) is 17.3 Å². The lowest BCUT2D eigenvalue weighted by Gasteiger charge is -2.02. The van der Waals surface area contributed by atoms with Gasteiger partial charge in [-0.05, 0) is 13.0 Å². The first-order valence-corrected chi connectivity index (χ1v) is 7.75. The van der Waals surface area contributed by atoms with Crippen molar-refractivity contribution in [2.24, 2.45) is 5.73 Å². The Hall–Kier alpha value is -3.40. The third kappa shape index (κ3) is 4.78. The van der Waals surface area contributed by atoms with Crippen LogP contribution in [0, 0.1) is 11.3 Å². The maximum absolute atomic E-state index is 11.5. The Labute approximate surface area is 145 Å². The number of esters is 1. The lowest BCUT2D eigenvalue weighted by molar-refractivity contribution is -0.143. The second kappa shape index (κ2) is 8.45. The van der Waals surface area contributed by atoms with Gasteiger partial charge in [0.2, 0.25) is 0 Å². The van der Waals surface area contributed by atoms with Crippen LogP contribution in [0.4, 0.5) is 0 Å². The summed E-state index contributed by atoms with van der Waals surface area (Å²) in [4.78, 5) is 22.8. The van der Waals surface area contributed by atoms with Crippen molar-refractivity contribution in [1.82, 2.24) is 9.78 Å². The highest BCUT2D eigenvalue weighted by Crippen LogP contribution is 2.24. The maximum atomic E-state index is 11.5. The highest BCUT2D eigenvalue weighted by Gasteiger charge is 2.13.